The van der Waals surface area contributed by atoms with Crippen LogP contribution in [0.15, 0.2) is 24.3 Å². The molecule has 0 unspecified atom stereocenters. The van der Waals surface area contributed by atoms with Crippen molar-refractivity contribution in [2.75, 3.05) is 11.4 Å². The van der Waals surface area contributed by atoms with E-state index in [1.807, 2.05) is 43.0 Å². The van der Waals surface area contributed by atoms with Gasteiger partial charge in [-0.1, -0.05) is 12.1 Å². The molecule has 98 valence electrons. The monoisotopic (exact) mass is 246 g/mol. The summed E-state index contributed by atoms with van der Waals surface area (Å²) in [5, 5.41) is 0. The molecule has 18 heavy (non-hydrogen) atoms. The zero-order valence-corrected chi connectivity index (χ0v) is 11.3. The van der Waals surface area contributed by atoms with Gasteiger partial charge >= 0.3 is 0 Å². The Morgan fingerprint density at radius 2 is 2.17 bits per heavy atom. The number of anilines is 1. The van der Waals surface area contributed by atoms with Crippen molar-refractivity contribution in [1.29, 1.82) is 0 Å². The fraction of sp³-hybridized carbons (Fsp3) is 0.533. The van der Waals surface area contributed by atoms with Gasteiger partial charge in [0.1, 0.15) is 0 Å². The summed E-state index contributed by atoms with van der Waals surface area (Å²) in [5.74, 6) is 0.144. The van der Waals surface area contributed by atoms with Crippen LogP contribution in [0, 0.1) is 6.92 Å². The lowest BCUT2D eigenvalue weighted by Gasteiger charge is -2.38. The van der Waals surface area contributed by atoms with E-state index in [0.717, 1.165) is 24.9 Å². The molecule has 0 heterocycles. The molecular weight excluding hydrogens is 224 g/mol. The van der Waals surface area contributed by atoms with E-state index in [1.54, 1.807) is 0 Å². The molecule has 0 aromatic heterocycles. The van der Waals surface area contributed by atoms with Gasteiger partial charge in [-0.25, -0.2) is 0 Å². The Hall–Kier alpha value is -1.35. The molecule has 1 amide bonds. The van der Waals surface area contributed by atoms with Crippen LogP contribution in [0.5, 0.6) is 0 Å². The fourth-order valence-electron chi connectivity index (χ4n) is 2.50. The first-order valence-corrected chi connectivity index (χ1v) is 6.70. The van der Waals surface area contributed by atoms with Crippen molar-refractivity contribution in [1.82, 2.24) is 0 Å². The normalized spacial score (nSPS) is 17.1. The van der Waals surface area contributed by atoms with Gasteiger partial charge < -0.3 is 10.6 Å². The van der Waals surface area contributed by atoms with E-state index in [1.165, 1.54) is 5.56 Å². The predicted molar refractivity (Wildman–Crippen MR) is 74.6 cm³/mol. The van der Waals surface area contributed by atoms with Gasteiger partial charge in [-0.05, 0) is 50.8 Å². The molecule has 1 saturated carbocycles. The number of carbonyl (C=O) groups is 1. The molecule has 0 aliphatic heterocycles. The van der Waals surface area contributed by atoms with Gasteiger partial charge in [0.2, 0.25) is 5.91 Å². The summed E-state index contributed by atoms with van der Waals surface area (Å²) < 4.78 is 0. The number of hydrogen-bond donors (Lipinski definition) is 1. The van der Waals surface area contributed by atoms with E-state index >= 15 is 0 Å². The molecule has 3 heteroatoms. The van der Waals surface area contributed by atoms with Gasteiger partial charge in [0, 0.05) is 24.2 Å². The van der Waals surface area contributed by atoms with Crippen molar-refractivity contribution in [3.63, 3.8) is 0 Å². The Kier molecular flexibility index (Phi) is 3.71. The van der Waals surface area contributed by atoms with Crippen LogP contribution < -0.4 is 10.6 Å². The van der Waals surface area contributed by atoms with E-state index < -0.39 is 0 Å². The summed E-state index contributed by atoms with van der Waals surface area (Å²) in [6, 6.07) is 8.06. The van der Waals surface area contributed by atoms with Crippen LogP contribution in [0.2, 0.25) is 0 Å². The van der Waals surface area contributed by atoms with Gasteiger partial charge in [0.25, 0.3) is 0 Å². The minimum absolute atomic E-state index is 0.144. The molecule has 1 aliphatic rings. The van der Waals surface area contributed by atoms with Gasteiger partial charge in [-0.15, -0.1) is 0 Å². The van der Waals surface area contributed by atoms with Crippen LogP contribution in [0.25, 0.3) is 0 Å². The summed E-state index contributed by atoms with van der Waals surface area (Å²) in [4.78, 5) is 14.2. The first-order valence-electron chi connectivity index (χ1n) is 6.70. The second-order valence-electron chi connectivity index (χ2n) is 5.37. The van der Waals surface area contributed by atoms with Crippen LogP contribution in [0.3, 0.4) is 0 Å². The molecule has 0 spiro atoms. The quantitative estimate of drug-likeness (QED) is 0.887. The molecule has 1 aromatic rings. The zero-order valence-electron chi connectivity index (χ0n) is 11.3. The molecular formula is C15H22N2O. The van der Waals surface area contributed by atoms with Crippen molar-refractivity contribution < 1.29 is 4.79 Å². The standard InChI is InChI=1S/C15H22N2O/c1-3-17(13-7-4-6-12(2)10-13)14(18)11-15(16)8-5-9-15/h4,6-7,10H,3,5,8-9,11,16H2,1-2H3. The van der Waals surface area contributed by atoms with Crippen LogP contribution in [0.1, 0.15) is 38.2 Å². The zero-order chi connectivity index (χ0) is 13.2. The highest BCUT2D eigenvalue weighted by Gasteiger charge is 2.36. The molecule has 0 saturated heterocycles. The van der Waals surface area contributed by atoms with E-state index in [0.29, 0.717) is 13.0 Å². The molecule has 0 bridgehead atoms. The fourth-order valence-corrected chi connectivity index (χ4v) is 2.50. The van der Waals surface area contributed by atoms with Gasteiger partial charge in [-0.2, -0.15) is 0 Å². The summed E-state index contributed by atoms with van der Waals surface area (Å²) in [6.07, 6.45) is 3.57. The van der Waals surface area contributed by atoms with Crippen molar-refractivity contribution in [2.45, 2.75) is 45.1 Å². The summed E-state index contributed by atoms with van der Waals surface area (Å²) in [6.45, 7) is 4.74. The smallest absolute Gasteiger partial charge is 0.228 e. The summed E-state index contributed by atoms with van der Waals surface area (Å²) >= 11 is 0. The third-order valence-corrected chi connectivity index (χ3v) is 3.78. The molecule has 0 radical (unpaired) electrons. The highest BCUT2D eigenvalue weighted by atomic mass is 16.2. The lowest BCUT2D eigenvalue weighted by atomic mass is 9.75. The number of amides is 1. The maximum absolute atomic E-state index is 12.3. The Morgan fingerprint density at radius 3 is 2.67 bits per heavy atom. The van der Waals surface area contributed by atoms with E-state index in [2.05, 4.69) is 0 Å². The van der Waals surface area contributed by atoms with Crippen LogP contribution in [0.4, 0.5) is 5.69 Å². The molecule has 2 N–H and O–H groups in total. The second kappa shape index (κ2) is 5.11. The van der Waals surface area contributed by atoms with Crippen molar-refractivity contribution in [2.24, 2.45) is 5.73 Å². The first kappa shape index (κ1) is 13.1. The molecule has 2 rings (SSSR count). The Balaban J connectivity index is 2.10. The largest absolute Gasteiger partial charge is 0.325 e. The van der Waals surface area contributed by atoms with Gasteiger partial charge in [0.05, 0.1) is 0 Å². The van der Waals surface area contributed by atoms with Crippen LogP contribution >= 0.6 is 0 Å². The maximum atomic E-state index is 12.3. The number of hydrogen-bond acceptors (Lipinski definition) is 2. The number of benzene rings is 1. The van der Waals surface area contributed by atoms with Gasteiger partial charge in [0.15, 0.2) is 0 Å². The minimum atomic E-state index is -0.242. The van der Waals surface area contributed by atoms with Crippen LogP contribution in [-0.2, 0) is 4.79 Å². The predicted octanol–water partition coefficient (Wildman–Crippen LogP) is 2.62. The minimum Gasteiger partial charge on any atom is -0.325 e. The Labute approximate surface area is 109 Å². The highest BCUT2D eigenvalue weighted by Crippen LogP contribution is 2.33. The lowest BCUT2D eigenvalue weighted by molar-refractivity contribution is -0.120. The van der Waals surface area contributed by atoms with Crippen molar-refractivity contribution in [3.05, 3.63) is 29.8 Å². The van der Waals surface area contributed by atoms with Crippen molar-refractivity contribution >= 4 is 11.6 Å². The topological polar surface area (TPSA) is 46.3 Å². The molecule has 0 atom stereocenters. The number of nitrogens with zero attached hydrogens (tertiary/aromatic N) is 1. The lowest BCUT2D eigenvalue weighted by Crippen LogP contribution is -2.50. The average Bonchev–Trinajstić information content (AvgIpc) is 2.28. The number of carbonyl (C=O) groups excluding carboxylic acids is 1. The maximum Gasteiger partial charge on any atom is 0.228 e. The number of aryl methyl sites for hydroxylation is 1. The molecule has 1 aromatic carbocycles. The Morgan fingerprint density at radius 1 is 1.44 bits per heavy atom. The molecule has 3 nitrogen and oxygen atoms in total. The highest BCUT2D eigenvalue weighted by molar-refractivity contribution is 5.94. The third-order valence-electron chi connectivity index (χ3n) is 3.78. The van der Waals surface area contributed by atoms with E-state index in [9.17, 15) is 4.79 Å². The third kappa shape index (κ3) is 2.72. The summed E-state index contributed by atoms with van der Waals surface area (Å²) in [7, 11) is 0. The summed E-state index contributed by atoms with van der Waals surface area (Å²) in [5.41, 5.74) is 8.06. The van der Waals surface area contributed by atoms with E-state index in [4.69, 9.17) is 5.73 Å². The molecule has 1 aliphatic carbocycles. The Bertz CT molecular complexity index is 438. The second-order valence-corrected chi connectivity index (χ2v) is 5.37. The van der Waals surface area contributed by atoms with Crippen LogP contribution in [-0.4, -0.2) is 18.0 Å². The first-order chi connectivity index (χ1) is 8.54. The average molecular weight is 246 g/mol. The van der Waals surface area contributed by atoms with Crippen molar-refractivity contribution in [3.8, 4) is 0 Å². The van der Waals surface area contributed by atoms with Gasteiger partial charge in [-0.3, -0.25) is 4.79 Å². The molecule has 1 fully saturated rings. The SMILES string of the molecule is CCN(C(=O)CC1(N)CCC1)c1cccc(C)c1. The van der Waals surface area contributed by atoms with E-state index in [-0.39, 0.29) is 11.4 Å². The number of nitrogens with two attached hydrogens (primary N) is 1. The number of rotatable bonds is 4.